The van der Waals surface area contributed by atoms with Gasteiger partial charge in [0.1, 0.15) is 12.0 Å². The highest BCUT2D eigenvalue weighted by molar-refractivity contribution is 6.30. The van der Waals surface area contributed by atoms with Crippen LogP contribution in [0, 0.1) is 13.8 Å². The van der Waals surface area contributed by atoms with E-state index >= 15 is 0 Å². The Morgan fingerprint density at radius 2 is 1.86 bits per heavy atom. The number of nitrogens with zero attached hydrogens (tertiary/aromatic N) is 6. The zero-order valence-corrected chi connectivity index (χ0v) is 16.2. The second-order valence-corrected chi connectivity index (χ2v) is 7.25. The molecule has 0 radical (unpaired) electrons. The summed E-state index contributed by atoms with van der Waals surface area (Å²) >= 11 is 6.00. The quantitative estimate of drug-likeness (QED) is 0.458. The van der Waals surface area contributed by atoms with Gasteiger partial charge in [-0.2, -0.15) is 0 Å². The first-order valence-corrected chi connectivity index (χ1v) is 9.35. The van der Waals surface area contributed by atoms with E-state index in [4.69, 9.17) is 21.6 Å². The Morgan fingerprint density at radius 1 is 1.04 bits per heavy atom. The molecule has 1 aromatic carbocycles. The number of hydrogen-bond acceptors (Lipinski definition) is 4. The summed E-state index contributed by atoms with van der Waals surface area (Å²) in [4.78, 5) is 13.7. The highest BCUT2D eigenvalue weighted by atomic mass is 35.5. The van der Waals surface area contributed by atoms with Crippen LogP contribution >= 0.6 is 11.6 Å². The second-order valence-electron chi connectivity index (χ2n) is 6.81. The molecule has 138 valence electrons. The molecule has 6 nitrogen and oxygen atoms in total. The van der Waals surface area contributed by atoms with E-state index in [9.17, 15) is 0 Å². The maximum Gasteiger partial charge on any atom is 0.182 e. The van der Waals surface area contributed by atoms with E-state index in [1.165, 1.54) is 0 Å². The van der Waals surface area contributed by atoms with Crippen molar-refractivity contribution in [2.24, 2.45) is 0 Å². The summed E-state index contributed by atoms with van der Waals surface area (Å²) in [7, 11) is 0. The Hall–Kier alpha value is -3.25. The Bertz CT molecular complexity index is 1300. The van der Waals surface area contributed by atoms with Gasteiger partial charge in [0.2, 0.25) is 0 Å². The van der Waals surface area contributed by atoms with Gasteiger partial charge in [-0.15, -0.1) is 5.10 Å². The zero-order chi connectivity index (χ0) is 19.3. The van der Waals surface area contributed by atoms with Gasteiger partial charge < -0.3 is 4.57 Å². The minimum atomic E-state index is 0.656. The van der Waals surface area contributed by atoms with Crippen molar-refractivity contribution in [1.82, 2.24) is 29.1 Å². The van der Waals surface area contributed by atoms with E-state index in [2.05, 4.69) is 34.6 Å². The summed E-state index contributed by atoms with van der Waals surface area (Å²) in [6, 6.07) is 11.6. The number of rotatable bonds is 3. The first-order valence-electron chi connectivity index (χ1n) is 8.97. The second kappa shape index (κ2) is 6.42. The van der Waals surface area contributed by atoms with Crippen LogP contribution in [0.5, 0.6) is 0 Å². The molecule has 0 unspecified atom stereocenters. The van der Waals surface area contributed by atoms with Crippen molar-refractivity contribution in [3.8, 4) is 11.4 Å². The fourth-order valence-corrected chi connectivity index (χ4v) is 3.65. The lowest BCUT2D eigenvalue weighted by atomic mass is 10.2. The molecule has 7 heteroatoms. The predicted molar refractivity (Wildman–Crippen MR) is 110 cm³/mol. The molecule has 5 rings (SSSR count). The van der Waals surface area contributed by atoms with Crippen LogP contribution in [0.3, 0.4) is 0 Å². The summed E-state index contributed by atoms with van der Waals surface area (Å²) < 4.78 is 3.95. The zero-order valence-electron chi connectivity index (χ0n) is 15.5. The maximum atomic E-state index is 6.00. The van der Waals surface area contributed by atoms with Gasteiger partial charge in [0.05, 0.1) is 11.9 Å². The van der Waals surface area contributed by atoms with E-state index < -0.39 is 0 Å². The third-order valence-electron chi connectivity index (χ3n) is 5.11. The fourth-order valence-electron chi connectivity index (χ4n) is 3.52. The van der Waals surface area contributed by atoms with Crippen molar-refractivity contribution in [2.45, 2.75) is 20.4 Å². The maximum absolute atomic E-state index is 6.00. The molecule has 0 bridgehead atoms. The third-order valence-corrected chi connectivity index (χ3v) is 5.36. The minimum absolute atomic E-state index is 0.656. The van der Waals surface area contributed by atoms with E-state index in [0.29, 0.717) is 17.4 Å². The average molecular weight is 389 g/mol. The number of aryl methyl sites for hydroxylation is 1. The number of benzene rings is 1. The van der Waals surface area contributed by atoms with E-state index in [1.807, 2.05) is 36.5 Å². The number of hydrogen-bond donors (Lipinski definition) is 0. The Morgan fingerprint density at radius 3 is 2.61 bits per heavy atom. The van der Waals surface area contributed by atoms with Crippen molar-refractivity contribution in [3.05, 3.63) is 77.0 Å². The summed E-state index contributed by atoms with van der Waals surface area (Å²) in [6.45, 7) is 4.93. The molecule has 0 N–H and O–H groups in total. The Labute approximate surface area is 166 Å². The van der Waals surface area contributed by atoms with Gasteiger partial charge in [-0.3, -0.25) is 4.98 Å². The van der Waals surface area contributed by atoms with Crippen molar-refractivity contribution < 1.29 is 0 Å². The van der Waals surface area contributed by atoms with Gasteiger partial charge in [-0.05, 0) is 55.3 Å². The Balaban J connectivity index is 1.70. The highest BCUT2D eigenvalue weighted by Gasteiger charge is 2.18. The minimum Gasteiger partial charge on any atom is -0.325 e. The molecule has 4 heterocycles. The predicted octanol–water partition coefficient (Wildman–Crippen LogP) is 4.46. The molecular weight excluding hydrogens is 372 g/mol. The SMILES string of the molecule is Cc1c(C)n(Cc2cccnc2)c2ncn3nc(-c4ccc(Cl)cc4)nc3c12. The van der Waals surface area contributed by atoms with Crippen molar-refractivity contribution in [3.63, 3.8) is 0 Å². The first kappa shape index (κ1) is 16.9. The van der Waals surface area contributed by atoms with Crippen molar-refractivity contribution in [1.29, 1.82) is 0 Å². The molecule has 0 saturated carbocycles. The summed E-state index contributed by atoms with van der Waals surface area (Å²) in [5.74, 6) is 0.656. The van der Waals surface area contributed by atoms with Crippen LogP contribution in [0.25, 0.3) is 28.1 Å². The Kier molecular flexibility index (Phi) is 3.87. The summed E-state index contributed by atoms with van der Waals surface area (Å²) in [5.41, 5.74) is 6.09. The molecule has 0 aliphatic heterocycles. The molecule has 0 saturated heterocycles. The molecule has 0 aliphatic carbocycles. The molecule has 5 aromatic rings. The van der Waals surface area contributed by atoms with Crippen LogP contribution in [-0.4, -0.2) is 29.1 Å². The van der Waals surface area contributed by atoms with E-state index in [0.717, 1.165) is 39.1 Å². The van der Waals surface area contributed by atoms with Gasteiger partial charge >= 0.3 is 0 Å². The third kappa shape index (κ3) is 2.65. The van der Waals surface area contributed by atoms with Crippen LogP contribution in [0.4, 0.5) is 0 Å². The number of aromatic nitrogens is 6. The summed E-state index contributed by atoms with van der Waals surface area (Å²) in [5, 5.41) is 6.32. The monoisotopic (exact) mass is 388 g/mol. The van der Waals surface area contributed by atoms with Gasteiger partial charge in [0, 0.05) is 28.7 Å². The van der Waals surface area contributed by atoms with Crippen LogP contribution in [0.1, 0.15) is 16.8 Å². The average Bonchev–Trinajstić information content (AvgIpc) is 3.24. The molecule has 0 amide bonds. The largest absolute Gasteiger partial charge is 0.325 e. The molecule has 28 heavy (non-hydrogen) atoms. The van der Waals surface area contributed by atoms with Crippen LogP contribution < -0.4 is 0 Å². The standard InChI is InChI=1S/C21H17ClN6/c1-13-14(2)27(11-15-4-3-9-23-10-15)20-18(13)21-25-19(26-28(21)12-24-20)16-5-7-17(22)8-6-16/h3-10,12H,11H2,1-2H3. The van der Waals surface area contributed by atoms with Crippen LogP contribution in [0.2, 0.25) is 5.02 Å². The lowest BCUT2D eigenvalue weighted by Crippen LogP contribution is -2.03. The van der Waals surface area contributed by atoms with Gasteiger partial charge in [-0.25, -0.2) is 14.5 Å². The number of pyridine rings is 1. The fraction of sp³-hybridized carbons (Fsp3) is 0.143. The van der Waals surface area contributed by atoms with Crippen LogP contribution in [-0.2, 0) is 6.54 Å². The number of halogens is 1. The summed E-state index contributed by atoms with van der Waals surface area (Å²) in [6.07, 6.45) is 5.39. The lowest BCUT2D eigenvalue weighted by Gasteiger charge is -2.07. The molecule has 0 aliphatic rings. The van der Waals surface area contributed by atoms with Crippen molar-refractivity contribution >= 4 is 28.3 Å². The van der Waals surface area contributed by atoms with E-state index in [1.54, 1.807) is 17.0 Å². The molecule has 0 spiro atoms. The highest BCUT2D eigenvalue weighted by Crippen LogP contribution is 2.29. The van der Waals surface area contributed by atoms with Gasteiger partial charge in [0.15, 0.2) is 11.5 Å². The molecule has 0 fully saturated rings. The molecular formula is C21H17ClN6. The van der Waals surface area contributed by atoms with Gasteiger partial charge in [0.25, 0.3) is 0 Å². The van der Waals surface area contributed by atoms with Crippen LogP contribution in [0.15, 0.2) is 55.1 Å². The molecule has 0 atom stereocenters. The lowest BCUT2D eigenvalue weighted by molar-refractivity contribution is 0.783. The first-order chi connectivity index (χ1) is 13.6. The van der Waals surface area contributed by atoms with E-state index in [-0.39, 0.29) is 0 Å². The smallest absolute Gasteiger partial charge is 0.182 e. The topological polar surface area (TPSA) is 60.9 Å². The van der Waals surface area contributed by atoms with Crippen molar-refractivity contribution in [2.75, 3.05) is 0 Å². The number of fused-ring (bicyclic) bond motifs is 3. The normalized spacial score (nSPS) is 11.5. The molecule has 4 aromatic heterocycles. The van der Waals surface area contributed by atoms with Gasteiger partial charge in [-0.1, -0.05) is 17.7 Å².